The fourth-order valence-electron chi connectivity index (χ4n) is 9.89. The summed E-state index contributed by atoms with van der Waals surface area (Å²) >= 11 is 0. The van der Waals surface area contributed by atoms with Crippen molar-refractivity contribution in [2.45, 2.75) is 354 Å². The topological polar surface area (TPSA) is 117 Å². The van der Waals surface area contributed by atoms with Gasteiger partial charge in [-0.2, -0.15) is 0 Å². The summed E-state index contributed by atoms with van der Waals surface area (Å²) in [5.41, 5.74) is 5.41. The van der Waals surface area contributed by atoms with E-state index in [1.54, 1.807) is 0 Å². The summed E-state index contributed by atoms with van der Waals surface area (Å²) < 4.78 is 33.7. The van der Waals surface area contributed by atoms with Crippen LogP contribution in [0.25, 0.3) is 0 Å². The number of unbranched alkanes of at least 4 members (excludes halogenated alkanes) is 49. The Bertz CT molecular complexity index is 1050. The highest BCUT2D eigenvalue weighted by atomic mass is 31.2. The van der Waals surface area contributed by atoms with E-state index >= 15 is 0 Å². The monoisotopic (exact) mass is 1010 g/mol. The molecule has 70 heavy (non-hydrogen) atoms. The van der Waals surface area contributed by atoms with Gasteiger partial charge in [0.15, 0.2) is 0 Å². The number of hydrogen-bond acceptors (Lipinski definition) is 7. The standard InChI is InChI=1S/C61H124NO7P/c1-3-5-7-9-11-13-15-17-19-21-23-24-25-26-27-28-29-30-31-32-33-34-35-36-37-38-40-42-44-46-48-50-52-54-61(63)69-60(59-68-70(64,65)67-57-55-62)58-66-56-53-51-49-47-45-43-41-39-22-20-18-16-14-12-10-8-6-4-2/h60H,3-59,62H2,1-2H3,(H,64,65)/t60-/m1/s1. The molecule has 0 heterocycles. The molecule has 0 saturated carbocycles. The lowest BCUT2D eigenvalue weighted by Gasteiger charge is -2.20. The van der Waals surface area contributed by atoms with E-state index in [4.69, 9.17) is 24.3 Å². The van der Waals surface area contributed by atoms with Crippen LogP contribution >= 0.6 is 7.82 Å². The van der Waals surface area contributed by atoms with Crippen LogP contribution in [0.1, 0.15) is 348 Å². The minimum atomic E-state index is -4.28. The molecule has 0 spiro atoms. The third-order valence-corrected chi connectivity index (χ3v) is 15.5. The van der Waals surface area contributed by atoms with Crippen molar-refractivity contribution in [1.82, 2.24) is 0 Å². The smallest absolute Gasteiger partial charge is 0.457 e. The SMILES string of the molecule is CCCCCCCCCCCCCCCCCCCCCCCCCCCCCCCCCCCC(=O)O[C@H](COCCCCCCCCCCCCCCCCCCCC)COP(=O)(O)OCCN. The zero-order valence-electron chi connectivity index (χ0n) is 47.3. The number of rotatable bonds is 62. The van der Waals surface area contributed by atoms with E-state index in [0.29, 0.717) is 13.0 Å². The second-order valence-electron chi connectivity index (χ2n) is 21.6. The van der Waals surface area contributed by atoms with E-state index in [0.717, 1.165) is 32.1 Å². The van der Waals surface area contributed by atoms with Crippen LogP contribution in [0, 0.1) is 0 Å². The molecule has 0 saturated heterocycles. The van der Waals surface area contributed by atoms with Crippen molar-refractivity contribution in [3.8, 4) is 0 Å². The first-order chi connectivity index (χ1) is 34.4. The summed E-state index contributed by atoms with van der Waals surface area (Å²) in [6.45, 7) is 5.03. The van der Waals surface area contributed by atoms with E-state index in [-0.39, 0.29) is 32.3 Å². The third kappa shape index (κ3) is 58.4. The molecule has 0 aliphatic carbocycles. The predicted molar refractivity (Wildman–Crippen MR) is 303 cm³/mol. The van der Waals surface area contributed by atoms with Gasteiger partial charge in [0.2, 0.25) is 0 Å². The van der Waals surface area contributed by atoms with Gasteiger partial charge in [-0.05, 0) is 12.8 Å². The van der Waals surface area contributed by atoms with Gasteiger partial charge in [-0.3, -0.25) is 13.8 Å². The number of ether oxygens (including phenoxy) is 2. The minimum absolute atomic E-state index is 0.0895. The molecule has 0 aliphatic heterocycles. The second-order valence-corrected chi connectivity index (χ2v) is 23.1. The Kier molecular flexibility index (Phi) is 59.0. The van der Waals surface area contributed by atoms with Gasteiger partial charge in [0, 0.05) is 19.6 Å². The highest BCUT2D eigenvalue weighted by molar-refractivity contribution is 7.47. The molecule has 0 bridgehead atoms. The fraction of sp³-hybridized carbons (Fsp3) is 0.984. The summed E-state index contributed by atoms with van der Waals surface area (Å²) in [4.78, 5) is 22.7. The van der Waals surface area contributed by atoms with Crippen LogP contribution in [0.4, 0.5) is 0 Å². The first kappa shape index (κ1) is 69.5. The van der Waals surface area contributed by atoms with Crippen molar-refractivity contribution >= 4 is 13.8 Å². The quantitative estimate of drug-likeness (QED) is 0.0351. The van der Waals surface area contributed by atoms with Crippen molar-refractivity contribution in [2.75, 3.05) is 33.0 Å². The normalized spacial score (nSPS) is 13.0. The lowest BCUT2D eigenvalue weighted by molar-refractivity contribution is -0.154. The molecule has 1 unspecified atom stereocenters. The number of hydrogen-bond donors (Lipinski definition) is 2. The van der Waals surface area contributed by atoms with Crippen molar-refractivity contribution < 1.29 is 32.8 Å². The van der Waals surface area contributed by atoms with Gasteiger partial charge in [-0.25, -0.2) is 4.57 Å². The number of nitrogens with two attached hydrogens (primary N) is 1. The largest absolute Gasteiger partial charge is 0.472 e. The number of esters is 1. The molecule has 0 aromatic rings. The van der Waals surface area contributed by atoms with Gasteiger partial charge in [0.1, 0.15) is 6.10 Å². The number of carbonyl (C=O) groups excluding carboxylic acids is 1. The fourth-order valence-corrected chi connectivity index (χ4v) is 10.7. The summed E-state index contributed by atoms with van der Waals surface area (Å²) in [7, 11) is -4.28. The van der Waals surface area contributed by atoms with Gasteiger partial charge in [-0.1, -0.05) is 328 Å². The van der Waals surface area contributed by atoms with Gasteiger partial charge < -0.3 is 20.1 Å². The Morgan fingerprint density at radius 2 is 0.629 bits per heavy atom. The molecule has 0 aromatic carbocycles. The van der Waals surface area contributed by atoms with Crippen molar-refractivity contribution in [1.29, 1.82) is 0 Å². The van der Waals surface area contributed by atoms with Crippen LogP contribution in [0.3, 0.4) is 0 Å². The summed E-state index contributed by atoms with van der Waals surface area (Å²) in [6, 6.07) is 0. The summed E-state index contributed by atoms with van der Waals surface area (Å²) in [5, 5.41) is 0. The highest BCUT2D eigenvalue weighted by Crippen LogP contribution is 2.43. The molecule has 3 N–H and O–H groups in total. The zero-order valence-corrected chi connectivity index (χ0v) is 48.2. The zero-order chi connectivity index (χ0) is 50.8. The van der Waals surface area contributed by atoms with Gasteiger partial charge in [0.25, 0.3) is 0 Å². The number of phosphoric acid groups is 1. The van der Waals surface area contributed by atoms with Crippen molar-refractivity contribution in [3.63, 3.8) is 0 Å². The molecule has 420 valence electrons. The van der Waals surface area contributed by atoms with Crippen LogP contribution in [0.5, 0.6) is 0 Å². The van der Waals surface area contributed by atoms with E-state index in [2.05, 4.69) is 13.8 Å². The van der Waals surface area contributed by atoms with Gasteiger partial charge in [-0.15, -0.1) is 0 Å². The highest BCUT2D eigenvalue weighted by Gasteiger charge is 2.25. The van der Waals surface area contributed by atoms with Gasteiger partial charge in [0.05, 0.1) is 19.8 Å². The molecule has 0 rings (SSSR count). The van der Waals surface area contributed by atoms with E-state index in [1.165, 1.54) is 295 Å². The van der Waals surface area contributed by atoms with Gasteiger partial charge >= 0.3 is 13.8 Å². The molecule has 0 amide bonds. The first-order valence-corrected chi connectivity index (χ1v) is 33.0. The maximum absolute atomic E-state index is 12.7. The molecule has 0 fully saturated rings. The van der Waals surface area contributed by atoms with Crippen molar-refractivity contribution in [2.24, 2.45) is 5.73 Å². The second kappa shape index (κ2) is 59.4. The maximum atomic E-state index is 12.7. The lowest BCUT2D eigenvalue weighted by Crippen LogP contribution is -2.28. The number of carbonyl (C=O) groups is 1. The number of phosphoric ester groups is 1. The average molecular weight is 1010 g/mol. The Labute approximate surface area is 437 Å². The van der Waals surface area contributed by atoms with Crippen LogP contribution in [-0.4, -0.2) is 49.9 Å². The van der Waals surface area contributed by atoms with E-state index in [9.17, 15) is 14.3 Å². The molecule has 2 atom stereocenters. The van der Waals surface area contributed by atoms with Crippen LogP contribution in [0.15, 0.2) is 0 Å². The van der Waals surface area contributed by atoms with E-state index < -0.39 is 13.9 Å². The summed E-state index contributed by atoms with van der Waals surface area (Å²) in [6.07, 6.45) is 69.0. The van der Waals surface area contributed by atoms with Crippen molar-refractivity contribution in [3.05, 3.63) is 0 Å². The lowest BCUT2D eigenvalue weighted by atomic mass is 10.0. The van der Waals surface area contributed by atoms with Crippen LogP contribution in [-0.2, 0) is 27.9 Å². The van der Waals surface area contributed by atoms with Crippen LogP contribution in [0.2, 0.25) is 0 Å². The Hall–Kier alpha value is -0.500. The molecular formula is C61H124NO7P. The average Bonchev–Trinajstić information content (AvgIpc) is 3.35. The molecule has 0 aromatic heterocycles. The third-order valence-electron chi connectivity index (χ3n) is 14.5. The summed E-state index contributed by atoms with van der Waals surface area (Å²) in [5.74, 6) is -0.318. The molecular weight excluding hydrogens is 890 g/mol. The molecule has 9 heteroatoms. The Balaban J connectivity index is 3.71. The predicted octanol–water partition coefficient (Wildman–Crippen LogP) is 20.3. The molecule has 8 nitrogen and oxygen atoms in total. The molecule has 0 aliphatic rings. The first-order valence-electron chi connectivity index (χ1n) is 31.5. The molecule has 0 radical (unpaired) electrons. The van der Waals surface area contributed by atoms with Crippen LogP contribution < -0.4 is 5.73 Å². The van der Waals surface area contributed by atoms with E-state index in [1.807, 2.05) is 0 Å². The Morgan fingerprint density at radius 3 is 0.900 bits per heavy atom. The minimum Gasteiger partial charge on any atom is -0.457 e. The maximum Gasteiger partial charge on any atom is 0.472 e. The Morgan fingerprint density at radius 1 is 0.371 bits per heavy atom.